The van der Waals surface area contributed by atoms with Crippen LogP contribution in [0.15, 0.2) is 36.4 Å². The summed E-state index contributed by atoms with van der Waals surface area (Å²) >= 11 is 0. The normalized spacial score (nSPS) is 10.4. The number of anilines is 1. The van der Waals surface area contributed by atoms with Crippen molar-refractivity contribution in [2.75, 3.05) is 19.2 Å². The van der Waals surface area contributed by atoms with Crippen molar-refractivity contribution in [1.29, 1.82) is 0 Å². The molecule has 0 spiro atoms. The molecule has 0 atom stereocenters. The third-order valence-corrected chi connectivity index (χ3v) is 2.45. The smallest absolute Gasteiger partial charge is 0.161 e. The zero-order valence-electron chi connectivity index (χ0n) is 10.5. The quantitative estimate of drug-likeness (QED) is 0.653. The van der Waals surface area contributed by atoms with Crippen LogP contribution in [0.25, 0.3) is 11.4 Å². The topological polar surface area (TPSA) is 64.3 Å². The summed E-state index contributed by atoms with van der Waals surface area (Å²) in [6.07, 6.45) is 0. The minimum Gasteiger partial charge on any atom is -0.378 e. The number of benzene rings is 1. The van der Waals surface area contributed by atoms with Gasteiger partial charge in [0.1, 0.15) is 5.82 Å². The van der Waals surface area contributed by atoms with Gasteiger partial charge in [0.25, 0.3) is 0 Å². The Bertz CT molecular complexity index is 514. The van der Waals surface area contributed by atoms with E-state index in [-0.39, 0.29) is 0 Å². The molecule has 5 nitrogen and oxygen atoms in total. The van der Waals surface area contributed by atoms with Crippen molar-refractivity contribution in [2.24, 2.45) is 5.84 Å². The molecule has 0 aliphatic rings. The van der Waals surface area contributed by atoms with Gasteiger partial charge in [-0.3, -0.25) is 5.01 Å². The predicted octanol–water partition coefficient (Wildman–Crippen LogP) is 1.60. The van der Waals surface area contributed by atoms with E-state index in [1.807, 2.05) is 36.4 Å². The molecule has 0 radical (unpaired) electrons. The van der Waals surface area contributed by atoms with Crippen molar-refractivity contribution in [1.82, 2.24) is 9.97 Å². The van der Waals surface area contributed by atoms with Crippen molar-refractivity contribution in [2.45, 2.75) is 6.61 Å². The van der Waals surface area contributed by atoms with Crippen LogP contribution in [-0.4, -0.2) is 24.1 Å². The molecule has 1 heterocycles. The largest absolute Gasteiger partial charge is 0.378 e. The highest BCUT2D eigenvalue weighted by atomic mass is 16.5. The molecule has 0 saturated carbocycles. The number of aromatic nitrogens is 2. The number of methoxy groups -OCH3 is 1. The van der Waals surface area contributed by atoms with Gasteiger partial charge in [0.05, 0.1) is 12.3 Å². The fraction of sp³-hybridized carbons (Fsp3) is 0.231. The number of nitrogens with zero attached hydrogens (tertiary/aromatic N) is 3. The number of rotatable bonds is 4. The minimum atomic E-state index is 0.434. The van der Waals surface area contributed by atoms with Crippen molar-refractivity contribution < 1.29 is 4.74 Å². The van der Waals surface area contributed by atoms with Gasteiger partial charge < -0.3 is 4.74 Å². The Morgan fingerprint density at radius 2 is 1.94 bits per heavy atom. The predicted molar refractivity (Wildman–Crippen MR) is 70.8 cm³/mol. The fourth-order valence-corrected chi connectivity index (χ4v) is 1.60. The van der Waals surface area contributed by atoms with Gasteiger partial charge in [-0.25, -0.2) is 15.8 Å². The van der Waals surface area contributed by atoms with Crippen LogP contribution in [0.5, 0.6) is 0 Å². The maximum absolute atomic E-state index is 5.73. The van der Waals surface area contributed by atoms with Gasteiger partial charge >= 0.3 is 0 Å². The van der Waals surface area contributed by atoms with Crippen LogP contribution in [0, 0.1) is 0 Å². The van der Waals surface area contributed by atoms with Gasteiger partial charge in [0.2, 0.25) is 0 Å². The van der Waals surface area contributed by atoms with Crippen LogP contribution in [0.1, 0.15) is 5.69 Å². The molecule has 1 aromatic heterocycles. The van der Waals surface area contributed by atoms with Crippen LogP contribution in [-0.2, 0) is 11.3 Å². The molecule has 18 heavy (non-hydrogen) atoms. The first kappa shape index (κ1) is 12.5. The van der Waals surface area contributed by atoms with Crippen LogP contribution >= 0.6 is 0 Å². The van der Waals surface area contributed by atoms with Gasteiger partial charge in [-0.2, -0.15) is 0 Å². The molecule has 2 aromatic rings. The molecule has 5 heteroatoms. The molecule has 0 aliphatic carbocycles. The average Bonchev–Trinajstić information content (AvgIpc) is 2.40. The van der Waals surface area contributed by atoms with Crippen LogP contribution in [0.3, 0.4) is 0 Å². The second kappa shape index (κ2) is 5.57. The highest BCUT2D eigenvalue weighted by molar-refractivity contribution is 5.57. The lowest BCUT2D eigenvalue weighted by atomic mass is 10.2. The number of nitrogens with two attached hydrogens (primary N) is 1. The Kier molecular flexibility index (Phi) is 3.86. The Hall–Kier alpha value is -1.98. The third kappa shape index (κ3) is 2.82. The Labute approximate surface area is 106 Å². The lowest BCUT2D eigenvalue weighted by molar-refractivity contribution is 0.181. The SMILES string of the molecule is COCc1cc(N(C)N)nc(-c2ccccc2)n1. The van der Waals surface area contributed by atoms with E-state index in [9.17, 15) is 0 Å². The lowest BCUT2D eigenvalue weighted by Gasteiger charge is -2.13. The summed E-state index contributed by atoms with van der Waals surface area (Å²) in [5.41, 5.74) is 1.76. The van der Waals surface area contributed by atoms with E-state index in [1.54, 1.807) is 14.2 Å². The van der Waals surface area contributed by atoms with Gasteiger partial charge in [-0.15, -0.1) is 0 Å². The van der Waals surface area contributed by atoms with Crippen LogP contribution < -0.4 is 10.9 Å². The van der Waals surface area contributed by atoms with Crippen LogP contribution in [0.4, 0.5) is 5.82 Å². The molecule has 2 N–H and O–H groups in total. The van der Waals surface area contributed by atoms with Gasteiger partial charge in [0.15, 0.2) is 5.82 Å². The van der Waals surface area contributed by atoms with Gasteiger partial charge in [0, 0.05) is 25.8 Å². The maximum Gasteiger partial charge on any atom is 0.161 e. The standard InChI is InChI=1S/C13H16N4O/c1-17(14)12-8-11(9-18-2)15-13(16-12)10-6-4-3-5-7-10/h3-8H,9,14H2,1-2H3. The molecule has 0 bridgehead atoms. The third-order valence-electron chi connectivity index (χ3n) is 2.45. The molecule has 0 amide bonds. The van der Waals surface area contributed by atoms with Gasteiger partial charge in [-0.05, 0) is 0 Å². The Morgan fingerprint density at radius 3 is 2.56 bits per heavy atom. The van der Waals surface area contributed by atoms with Crippen LogP contribution in [0.2, 0.25) is 0 Å². The zero-order valence-corrected chi connectivity index (χ0v) is 10.5. The van der Waals surface area contributed by atoms with E-state index in [1.165, 1.54) is 5.01 Å². The summed E-state index contributed by atoms with van der Waals surface area (Å²) in [4.78, 5) is 8.88. The van der Waals surface area contributed by atoms with Crippen molar-refractivity contribution in [3.05, 3.63) is 42.1 Å². The van der Waals surface area contributed by atoms with Crippen molar-refractivity contribution in [3.8, 4) is 11.4 Å². The summed E-state index contributed by atoms with van der Waals surface area (Å²) in [5.74, 6) is 7.04. The number of ether oxygens (including phenoxy) is 1. The average molecular weight is 244 g/mol. The summed E-state index contributed by atoms with van der Waals surface area (Å²) in [7, 11) is 3.38. The van der Waals surface area contributed by atoms with E-state index < -0.39 is 0 Å². The molecule has 0 unspecified atom stereocenters. The highest BCUT2D eigenvalue weighted by Crippen LogP contribution is 2.18. The number of hydrazine groups is 1. The Morgan fingerprint density at radius 1 is 1.22 bits per heavy atom. The van der Waals surface area contributed by atoms with Crippen molar-refractivity contribution in [3.63, 3.8) is 0 Å². The van der Waals surface area contributed by atoms with E-state index in [4.69, 9.17) is 10.6 Å². The van der Waals surface area contributed by atoms with Crippen molar-refractivity contribution >= 4 is 5.82 Å². The first-order valence-electron chi connectivity index (χ1n) is 5.61. The molecule has 2 rings (SSSR count). The zero-order chi connectivity index (χ0) is 13.0. The first-order chi connectivity index (χ1) is 8.70. The maximum atomic E-state index is 5.73. The monoisotopic (exact) mass is 244 g/mol. The van der Waals surface area contributed by atoms with E-state index in [0.717, 1.165) is 11.3 Å². The second-order valence-corrected chi connectivity index (χ2v) is 3.95. The van der Waals surface area contributed by atoms with E-state index in [2.05, 4.69) is 9.97 Å². The second-order valence-electron chi connectivity index (χ2n) is 3.95. The Balaban J connectivity index is 2.46. The number of hydrogen-bond donors (Lipinski definition) is 1. The summed E-state index contributed by atoms with van der Waals surface area (Å²) in [6, 6.07) is 11.6. The summed E-state index contributed by atoms with van der Waals surface area (Å²) < 4.78 is 5.10. The van der Waals surface area contributed by atoms with E-state index >= 15 is 0 Å². The highest BCUT2D eigenvalue weighted by Gasteiger charge is 2.08. The molecule has 1 aromatic carbocycles. The molecule has 0 aliphatic heterocycles. The minimum absolute atomic E-state index is 0.434. The molecular formula is C13H16N4O. The number of hydrogen-bond acceptors (Lipinski definition) is 5. The first-order valence-corrected chi connectivity index (χ1v) is 5.61. The summed E-state index contributed by atoms with van der Waals surface area (Å²) in [6.45, 7) is 0.434. The van der Waals surface area contributed by atoms with E-state index in [0.29, 0.717) is 18.2 Å². The molecule has 0 fully saturated rings. The molecule has 0 saturated heterocycles. The fourth-order valence-electron chi connectivity index (χ4n) is 1.60. The molecule has 94 valence electrons. The molecular weight excluding hydrogens is 228 g/mol. The van der Waals surface area contributed by atoms with Gasteiger partial charge in [-0.1, -0.05) is 30.3 Å². The lowest BCUT2D eigenvalue weighted by Crippen LogP contribution is -2.26. The summed E-state index contributed by atoms with van der Waals surface area (Å²) in [5, 5.41) is 1.47.